The average molecular weight is 309 g/mol. The Morgan fingerprint density at radius 1 is 1.00 bits per heavy atom. The van der Waals surface area contributed by atoms with Crippen molar-refractivity contribution in [2.45, 2.75) is 18.9 Å². The molecule has 4 rings (SSSR count). The largest absolute Gasteiger partial charge is 0.329 e. The summed E-state index contributed by atoms with van der Waals surface area (Å²) in [6.07, 6.45) is 2.34. The second-order valence-electron chi connectivity index (χ2n) is 6.18. The van der Waals surface area contributed by atoms with Gasteiger partial charge in [-0.15, -0.1) is 0 Å². The lowest BCUT2D eigenvalue weighted by atomic mass is 10.1. The highest BCUT2D eigenvalue weighted by molar-refractivity contribution is 6.24. The molecule has 2 aromatic rings. The summed E-state index contributed by atoms with van der Waals surface area (Å²) in [6.45, 7) is 2.62. The Hall–Kier alpha value is -2.40. The number of urea groups is 1. The van der Waals surface area contributed by atoms with Crippen molar-refractivity contribution in [1.82, 2.24) is 10.2 Å². The Kier molecular flexibility index (Phi) is 3.50. The number of benzene rings is 2. The monoisotopic (exact) mass is 309 g/mol. The number of carbonyl (C=O) groups is 2. The molecule has 0 spiro atoms. The minimum Gasteiger partial charge on any atom is -0.324 e. The summed E-state index contributed by atoms with van der Waals surface area (Å²) in [4.78, 5) is 28.7. The third-order valence-electron chi connectivity index (χ3n) is 4.67. The fourth-order valence-corrected chi connectivity index (χ4v) is 3.51. The van der Waals surface area contributed by atoms with E-state index in [4.69, 9.17) is 0 Å². The Balaban J connectivity index is 1.65. The smallest absolute Gasteiger partial charge is 0.324 e. The van der Waals surface area contributed by atoms with Gasteiger partial charge in [-0.1, -0.05) is 36.4 Å². The maximum atomic E-state index is 12.8. The van der Waals surface area contributed by atoms with Crippen LogP contribution in [0.3, 0.4) is 0 Å². The minimum absolute atomic E-state index is 0.154. The summed E-state index contributed by atoms with van der Waals surface area (Å²) in [7, 11) is 0. The predicted octanol–water partition coefficient (Wildman–Crippen LogP) is 2.36. The van der Waals surface area contributed by atoms with E-state index in [0.29, 0.717) is 12.2 Å². The molecule has 2 aliphatic rings. The van der Waals surface area contributed by atoms with Crippen LogP contribution < -0.4 is 10.2 Å². The predicted molar refractivity (Wildman–Crippen MR) is 89.4 cm³/mol. The molecule has 3 amide bonds. The zero-order chi connectivity index (χ0) is 15.8. The summed E-state index contributed by atoms with van der Waals surface area (Å²) >= 11 is 0. The first kappa shape index (κ1) is 14.2. The van der Waals surface area contributed by atoms with Gasteiger partial charge in [0.1, 0.15) is 6.04 Å². The highest BCUT2D eigenvalue weighted by Gasteiger charge is 2.40. The third kappa shape index (κ3) is 2.47. The third-order valence-corrected chi connectivity index (χ3v) is 4.67. The van der Waals surface area contributed by atoms with Crippen LogP contribution in [0, 0.1) is 0 Å². The van der Waals surface area contributed by atoms with E-state index in [-0.39, 0.29) is 11.9 Å². The lowest BCUT2D eigenvalue weighted by molar-refractivity contribution is -0.118. The lowest BCUT2D eigenvalue weighted by Crippen LogP contribution is -2.41. The number of rotatable bonds is 3. The quantitative estimate of drug-likeness (QED) is 0.886. The van der Waals surface area contributed by atoms with Gasteiger partial charge >= 0.3 is 6.03 Å². The summed E-state index contributed by atoms with van der Waals surface area (Å²) in [5.74, 6) is -0.154. The number of hydrogen-bond donors (Lipinski definition) is 1. The molecule has 2 fully saturated rings. The molecule has 5 nitrogen and oxygen atoms in total. The Morgan fingerprint density at radius 2 is 1.74 bits per heavy atom. The summed E-state index contributed by atoms with van der Waals surface area (Å²) in [5, 5.41) is 4.78. The maximum absolute atomic E-state index is 12.8. The molecule has 1 atom stereocenters. The molecule has 2 aliphatic heterocycles. The van der Waals surface area contributed by atoms with E-state index in [1.54, 1.807) is 0 Å². The molecule has 0 aliphatic carbocycles. The van der Waals surface area contributed by atoms with Crippen LogP contribution in [0.1, 0.15) is 12.8 Å². The van der Waals surface area contributed by atoms with Crippen molar-refractivity contribution in [1.29, 1.82) is 0 Å². The fourth-order valence-electron chi connectivity index (χ4n) is 3.51. The van der Waals surface area contributed by atoms with Crippen molar-refractivity contribution in [2.24, 2.45) is 0 Å². The number of amides is 3. The topological polar surface area (TPSA) is 52.7 Å². The van der Waals surface area contributed by atoms with Crippen molar-refractivity contribution in [3.63, 3.8) is 0 Å². The zero-order valence-corrected chi connectivity index (χ0v) is 12.9. The van der Waals surface area contributed by atoms with E-state index in [9.17, 15) is 9.59 Å². The first-order valence-electron chi connectivity index (χ1n) is 8.08. The second kappa shape index (κ2) is 5.66. The van der Waals surface area contributed by atoms with Gasteiger partial charge in [-0.05, 0) is 37.4 Å². The molecule has 2 aromatic carbocycles. The summed E-state index contributed by atoms with van der Waals surface area (Å²) in [6, 6.07) is 12.7. The van der Waals surface area contributed by atoms with E-state index in [1.807, 2.05) is 42.5 Å². The molecule has 2 saturated heterocycles. The highest BCUT2D eigenvalue weighted by Crippen LogP contribution is 2.29. The van der Waals surface area contributed by atoms with Crippen molar-refractivity contribution < 1.29 is 9.59 Å². The molecule has 23 heavy (non-hydrogen) atoms. The molecule has 2 heterocycles. The van der Waals surface area contributed by atoms with E-state index >= 15 is 0 Å². The van der Waals surface area contributed by atoms with Crippen LogP contribution in [0.5, 0.6) is 0 Å². The number of hydrogen-bond acceptors (Lipinski definition) is 3. The second-order valence-corrected chi connectivity index (χ2v) is 6.18. The van der Waals surface area contributed by atoms with Gasteiger partial charge in [-0.3, -0.25) is 4.79 Å². The van der Waals surface area contributed by atoms with E-state index in [0.717, 1.165) is 23.9 Å². The van der Waals surface area contributed by atoms with Gasteiger partial charge in [0.2, 0.25) is 0 Å². The maximum Gasteiger partial charge on any atom is 0.329 e. The molecule has 0 bridgehead atoms. The van der Waals surface area contributed by atoms with Gasteiger partial charge in [-0.25, -0.2) is 9.69 Å². The molecular weight excluding hydrogens is 290 g/mol. The molecule has 5 heteroatoms. The number of anilines is 1. The van der Waals surface area contributed by atoms with E-state index < -0.39 is 6.04 Å². The van der Waals surface area contributed by atoms with Crippen LogP contribution >= 0.6 is 0 Å². The van der Waals surface area contributed by atoms with Gasteiger partial charge < -0.3 is 10.2 Å². The van der Waals surface area contributed by atoms with Crippen LogP contribution in [0.4, 0.5) is 10.5 Å². The van der Waals surface area contributed by atoms with Gasteiger partial charge in [0.15, 0.2) is 0 Å². The molecule has 0 radical (unpaired) electrons. The minimum atomic E-state index is -0.445. The number of fused-ring (bicyclic) bond motifs is 1. The Bertz CT molecular complexity index is 762. The van der Waals surface area contributed by atoms with Crippen LogP contribution in [0.2, 0.25) is 0 Å². The molecule has 1 unspecified atom stereocenters. The lowest BCUT2D eigenvalue weighted by Gasteiger charge is -2.19. The van der Waals surface area contributed by atoms with Crippen LogP contribution in [-0.4, -0.2) is 42.5 Å². The van der Waals surface area contributed by atoms with Gasteiger partial charge in [0, 0.05) is 11.9 Å². The van der Waals surface area contributed by atoms with Crippen LogP contribution in [0.25, 0.3) is 10.8 Å². The standard InChI is InChI=1S/C18H19N3O2/c22-17-15(12-20-10-3-4-11-20)19-18(23)21(17)16-9-5-7-13-6-1-2-8-14(13)16/h1-2,5-9,15H,3-4,10-12H2,(H,19,23). The van der Waals surface area contributed by atoms with Gasteiger partial charge in [0.05, 0.1) is 5.69 Å². The average Bonchev–Trinajstić information content (AvgIpc) is 3.16. The Morgan fingerprint density at radius 3 is 2.57 bits per heavy atom. The molecule has 118 valence electrons. The van der Waals surface area contributed by atoms with Crippen molar-refractivity contribution in [3.05, 3.63) is 42.5 Å². The highest BCUT2D eigenvalue weighted by atomic mass is 16.2. The number of nitrogens with zero attached hydrogens (tertiary/aromatic N) is 2. The number of nitrogens with one attached hydrogen (secondary N) is 1. The van der Waals surface area contributed by atoms with Crippen LogP contribution in [0.15, 0.2) is 42.5 Å². The number of carbonyl (C=O) groups excluding carboxylic acids is 2. The molecule has 1 N–H and O–H groups in total. The first-order valence-corrected chi connectivity index (χ1v) is 8.08. The SMILES string of the molecule is O=C1NC(CN2CCCC2)C(=O)N1c1cccc2ccccc12. The number of likely N-dealkylation sites (tertiary alicyclic amines) is 1. The zero-order valence-electron chi connectivity index (χ0n) is 12.9. The van der Waals surface area contributed by atoms with E-state index in [1.165, 1.54) is 17.7 Å². The van der Waals surface area contributed by atoms with Gasteiger partial charge in [0.25, 0.3) is 5.91 Å². The fraction of sp³-hybridized carbons (Fsp3) is 0.333. The van der Waals surface area contributed by atoms with Gasteiger partial charge in [-0.2, -0.15) is 0 Å². The molecule has 0 saturated carbocycles. The van der Waals surface area contributed by atoms with Crippen molar-refractivity contribution in [2.75, 3.05) is 24.5 Å². The normalized spacial score (nSPS) is 22.1. The molecular formula is C18H19N3O2. The van der Waals surface area contributed by atoms with Crippen molar-refractivity contribution >= 4 is 28.4 Å². The number of imide groups is 1. The summed E-state index contributed by atoms with van der Waals surface area (Å²) < 4.78 is 0. The first-order chi connectivity index (χ1) is 11.2. The van der Waals surface area contributed by atoms with Crippen molar-refractivity contribution in [3.8, 4) is 0 Å². The molecule has 0 aromatic heterocycles. The van der Waals surface area contributed by atoms with E-state index in [2.05, 4.69) is 10.2 Å². The van der Waals surface area contributed by atoms with Crippen LogP contribution in [-0.2, 0) is 4.79 Å². The summed E-state index contributed by atoms with van der Waals surface area (Å²) in [5.41, 5.74) is 0.662. The Labute approximate surface area is 134 Å².